The molecule has 2 heterocycles. The predicted molar refractivity (Wildman–Crippen MR) is 239 cm³/mol. The van der Waals surface area contributed by atoms with Gasteiger partial charge in [0.1, 0.15) is 48.8 Å². The number of hydrogen-bond acceptors (Lipinski definition) is 13. The summed E-state index contributed by atoms with van der Waals surface area (Å²) in [4.78, 5) is 13.0. The topological polar surface area (TPSA) is 228 Å². The third kappa shape index (κ3) is 21.8. The zero-order valence-electron chi connectivity index (χ0n) is 36.5. The molecule has 62 heavy (non-hydrogen) atoms. The summed E-state index contributed by atoms with van der Waals surface area (Å²) in [5, 5.41) is 86.2. The van der Waals surface area contributed by atoms with Gasteiger partial charge in [-0.3, -0.25) is 4.79 Å². The van der Waals surface area contributed by atoms with E-state index < -0.39 is 86.8 Å². The number of carbonyl (C=O) groups excluding carboxylic acids is 1. The fraction of sp³-hybridized carbons (Fsp3) is 0.604. The number of nitrogens with one attached hydrogen (secondary N) is 1. The van der Waals surface area contributed by atoms with E-state index >= 15 is 0 Å². The minimum absolute atomic E-state index is 0.137. The van der Waals surface area contributed by atoms with E-state index in [1.165, 1.54) is 0 Å². The highest BCUT2D eigenvalue weighted by Crippen LogP contribution is 2.29. The van der Waals surface area contributed by atoms with Crippen LogP contribution in [-0.4, -0.2) is 140 Å². The van der Waals surface area contributed by atoms with E-state index in [-0.39, 0.29) is 18.9 Å². The standard InChI is InChI=1S/C48H75NO13/c1-3-5-7-9-11-13-14-15-16-17-18-19-20-21-22-24-26-28-30-32-40(53)49-36(37(52)31-29-27-25-23-12-10-8-6-4-2)35-59-47-45(58)43(56)46(39(34-51)61-47)62-48-44(57)42(55)41(54)38(33-50)60-48/h4-7,11-13,15-16,18-19,21-23,26,28-29,31,36-39,41-48,50-52,54-58H,3,8-10,14,17,20,24-25,27,30,32-35H2,1-2H3,(H,49,53)/b6-4+,7-5-,13-11-,16-15-,19-18-,22-21-,23-12+,28-26-,31-29+. The second-order valence-electron chi connectivity index (χ2n) is 15.1. The molecule has 2 fully saturated rings. The smallest absolute Gasteiger partial charge is 0.220 e. The van der Waals surface area contributed by atoms with Crippen molar-refractivity contribution in [3.63, 3.8) is 0 Å². The number of ether oxygens (including phenoxy) is 4. The average Bonchev–Trinajstić information content (AvgIpc) is 3.27. The summed E-state index contributed by atoms with van der Waals surface area (Å²) in [6.45, 7) is 2.30. The Morgan fingerprint density at radius 1 is 0.597 bits per heavy atom. The molecule has 1 amide bonds. The van der Waals surface area contributed by atoms with Crippen LogP contribution in [0.2, 0.25) is 0 Å². The Kier molecular flexibility index (Phi) is 30.1. The second kappa shape index (κ2) is 34.1. The van der Waals surface area contributed by atoms with Gasteiger partial charge in [0.25, 0.3) is 0 Å². The van der Waals surface area contributed by atoms with Crippen LogP contribution in [-0.2, 0) is 23.7 Å². The first-order valence-electron chi connectivity index (χ1n) is 22.1. The van der Waals surface area contributed by atoms with Gasteiger partial charge in [0.05, 0.1) is 32.0 Å². The van der Waals surface area contributed by atoms with Crippen molar-refractivity contribution in [2.75, 3.05) is 19.8 Å². The molecule has 2 saturated heterocycles. The number of unbranched alkanes of at least 4 members (excludes halogenated alkanes) is 2. The van der Waals surface area contributed by atoms with E-state index in [0.717, 1.165) is 57.8 Å². The molecule has 12 unspecified atom stereocenters. The lowest BCUT2D eigenvalue weighted by Crippen LogP contribution is -2.65. The molecule has 0 aromatic heterocycles. The lowest BCUT2D eigenvalue weighted by molar-refractivity contribution is -0.359. The summed E-state index contributed by atoms with van der Waals surface area (Å²) >= 11 is 0. The quantitative estimate of drug-likeness (QED) is 0.0365. The summed E-state index contributed by atoms with van der Waals surface area (Å²) < 4.78 is 22.5. The average molecular weight is 874 g/mol. The summed E-state index contributed by atoms with van der Waals surface area (Å²) in [6.07, 6.45) is 29.0. The Morgan fingerprint density at radius 3 is 1.63 bits per heavy atom. The van der Waals surface area contributed by atoms with Crippen LogP contribution in [0.4, 0.5) is 0 Å². The number of rotatable bonds is 30. The molecule has 0 saturated carbocycles. The number of aliphatic hydroxyl groups excluding tert-OH is 8. The van der Waals surface area contributed by atoms with Crippen LogP contribution in [0.1, 0.15) is 90.9 Å². The molecule has 2 aliphatic rings. The molecule has 0 spiro atoms. The third-order valence-corrected chi connectivity index (χ3v) is 10.0. The van der Waals surface area contributed by atoms with Gasteiger partial charge in [-0.15, -0.1) is 0 Å². The van der Waals surface area contributed by atoms with Crippen molar-refractivity contribution >= 4 is 5.91 Å². The Morgan fingerprint density at radius 2 is 1.08 bits per heavy atom. The van der Waals surface area contributed by atoms with E-state index in [1.807, 2.05) is 25.2 Å². The molecule has 9 N–H and O–H groups in total. The van der Waals surface area contributed by atoms with E-state index in [0.29, 0.717) is 12.8 Å². The molecule has 0 bridgehead atoms. The lowest BCUT2D eigenvalue weighted by atomic mass is 9.97. The molecule has 14 heteroatoms. The molecule has 14 nitrogen and oxygen atoms in total. The van der Waals surface area contributed by atoms with Crippen LogP contribution in [0.25, 0.3) is 0 Å². The van der Waals surface area contributed by atoms with Gasteiger partial charge in [-0.25, -0.2) is 0 Å². The molecule has 0 aromatic carbocycles. The summed E-state index contributed by atoms with van der Waals surface area (Å²) in [5.41, 5.74) is 0. The van der Waals surface area contributed by atoms with Crippen LogP contribution < -0.4 is 5.32 Å². The Bertz CT molecular complexity index is 1450. The van der Waals surface area contributed by atoms with Crippen molar-refractivity contribution in [1.29, 1.82) is 0 Å². The molecule has 0 aliphatic carbocycles. The first kappa shape index (κ1) is 54.8. The lowest BCUT2D eigenvalue weighted by Gasteiger charge is -2.46. The first-order chi connectivity index (χ1) is 30.1. The van der Waals surface area contributed by atoms with E-state index in [1.54, 1.807) is 12.2 Å². The van der Waals surface area contributed by atoms with Gasteiger partial charge in [-0.1, -0.05) is 116 Å². The number of amides is 1. The Balaban J connectivity index is 1.92. The molecule has 12 atom stereocenters. The summed E-state index contributed by atoms with van der Waals surface area (Å²) in [6, 6.07) is -0.982. The second-order valence-corrected chi connectivity index (χ2v) is 15.1. The van der Waals surface area contributed by atoms with Gasteiger partial charge < -0.3 is 65.1 Å². The number of aliphatic hydroxyl groups is 8. The van der Waals surface area contributed by atoms with E-state index in [2.05, 4.69) is 91.2 Å². The van der Waals surface area contributed by atoms with Gasteiger partial charge in [0.15, 0.2) is 12.6 Å². The fourth-order valence-electron chi connectivity index (χ4n) is 6.41. The molecular weight excluding hydrogens is 799 g/mol. The Labute approximate surface area is 368 Å². The van der Waals surface area contributed by atoms with Crippen molar-refractivity contribution in [2.24, 2.45) is 0 Å². The Hall–Kier alpha value is -3.35. The van der Waals surface area contributed by atoms with Crippen LogP contribution >= 0.6 is 0 Å². The van der Waals surface area contributed by atoms with Gasteiger partial charge >= 0.3 is 0 Å². The molecule has 2 rings (SSSR count). The van der Waals surface area contributed by atoms with Crippen LogP contribution in [0.3, 0.4) is 0 Å². The molecule has 350 valence electrons. The maximum absolute atomic E-state index is 13.0. The van der Waals surface area contributed by atoms with Crippen LogP contribution in [0.15, 0.2) is 109 Å². The maximum atomic E-state index is 13.0. The predicted octanol–water partition coefficient (Wildman–Crippen LogP) is 4.20. The molecular formula is C48H75NO13. The maximum Gasteiger partial charge on any atom is 0.220 e. The van der Waals surface area contributed by atoms with Crippen LogP contribution in [0.5, 0.6) is 0 Å². The van der Waals surface area contributed by atoms with Gasteiger partial charge in [-0.2, -0.15) is 0 Å². The number of allylic oxidation sites excluding steroid dienone is 17. The highest BCUT2D eigenvalue weighted by atomic mass is 16.7. The zero-order valence-corrected chi connectivity index (χ0v) is 36.5. The first-order valence-corrected chi connectivity index (χ1v) is 22.1. The third-order valence-electron chi connectivity index (χ3n) is 10.0. The van der Waals surface area contributed by atoms with Crippen molar-refractivity contribution in [2.45, 2.75) is 164 Å². The van der Waals surface area contributed by atoms with Crippen molar-refractivity contribution < 1.29 is 64.6 Å². The highest BCUT2D eigenvalue weighted by Gasteiger charge is 2.50. The van der Waals surface area contributed by atoms with E-state index in [4.69, 9.17) is 18.9 Å². The SMILES string of the molecule is C/C=C/CC/C=C/CC/C=C/C(O)C(COC1OC(CO)C(OC2OC(CO)C(O)C(O)C2O)C(O)C1O)NC(=O)CC/C=C\C/C=C\C/C=C\C/C=C\C/C=C\C/C=C\CC. The highest BCUT2D eigenvalue weighted by molar-refractivity contribution is 5.76. The number of hydrogen-bond donors (Lipinski definition) is 9. The van der Waals surface area contributed by atoms with E-state index in [9.17, 15) is 45.6 Å². The van der Waals surface area contributed by atoms with Crippen molar-refractivity contribution in [3.05, 3.63) is 109 Å². The monoisotopic (exact) mass is 874 g/mol. The van der Waals surface area contributed by atoms with Crippen molar-refractivity contribution in [3.8, 4) is 0 Å². The summed E-state index contributed by atoms with van der Waals surface area (Å²) in [7, 11) is 0. The minimum atomic E-state index is -1.80. The molecule has 0 aromatic rings. The minimum Gasteiger partial charge on any atom is -0.394 e. The molecule has 0 radical (unpaired) electrons. The zero-order chi connectivity index (χ0) is 45.4. The normalized spacial score (nSPS) is 28.8. The number of carbonyl (C=O) groups is 1. The van der Waals surface area contributed by atoms with Gasteiger partial charge in [0, 0.05) is 6.42 Å². The van der Waals surface area contributed by atoms with Crippen molar-refractivity contribution in [1.82, 2.24) is 5.32 Å². The fourth-order valence-corrected chi connectivity index (χ4v) is 6.41. The largest absolute Gasteiger partial charge is 0.394 e. The van der Waals surface area contributed by atoms with Gasteiger partial charge in [0.2, 0.25) is 5.91 Å². The summed E-state index contributed by atoms with van der Waals surface area (Å²) in [5.74, 6) is -0.346. The van der Waals surface area contributed by atoms with Gasteiger partial charge in [-0.05, 0) is 77.6 Å². The van der Waals surface area contributed by atoms with Crippen LogP contribution in [0, 0.1) is 0 Å². The molecule has 2 aliphatic heterocycles.